The van der Waals surface area contributed by atoms with E-state index in [1.54, 1.807) is 0 Å². The van der Waals surface area contributed by atoms with E-state index in [1.807, 2.05) is 19.1 Å². The highest BCUT2D eigenvalue weighted by Gasteiger charge is 2.29. The van der Waals surface area contributed by atoms with E-state index in [-0.39, 0.29) is 17.8 Å². The quantitative estimate of drug-likeness (QED) is 0.609. The number of hydrogen-bond donors (Lipinski definition) is 2. The Morgan fingerprint density at radius 1 is 0.969 bits per heavy atom. The van der Waals surface area contributed by atoms with Crippen LogP contribution in [-0.2, 0) is 0 Å². The molecule has 1 aromatic heterocycles. The molecular formula is C23H28F2N6O. The third kappa shape index (κ3) is 4.89. The minimum Gasteiger partial charge on any atom is -0.394 e. The first-order chi connectivity index (χ1) is 15.2. The fraction of sp³-hybridized carbons (Fsp3) is 0.391. The van der Waals surface area contributed by atoms with Gasteiger partial charge in [0.15, 0.2) is 0 Å². The monoisotopic (exact) mass is 442 g/mol. The molecule has 2 heterocycles. The Bertz CT molecular complexity index is 1070. The van der Waals surface area contributed by atoms with E-state index in [2.05, 4.69) is 45.1 Å². The molecule has 32 heavy (non-hydrogen) atoms. The summed E-state index contributed by atoms with van der Waals surface area (Å²) < 4.78 is 28.3. The number of anilines is 3. The predicted molar refractivity (Wildman–Crippen MR) is 121 cm³/mol. The second-order valence-corrected chi connectivity index (χ2v) is 8.77. The Morgan fingerprint density at radius 2 is 1.66 bits per heavy atom. The molecule has 170 valence electrons. The highest BCUT2D eigenvalue weighted by molar-refractivity contribution is 5.64. The minimum absolute atomic E-state index is 0.132. The van der Waals surface area contributed by atoms with Crippen molar-refractivity contribution in [2.45, 2.75) is 26.3 Å². The maximum Gasteiger partial charge on any atom is 0.246 e. The maximum absolute atomic E-state index is 13.5. The summed E-state index contributed by atoms with van der Waals surface area (Å²) >= 11 is 0. The number of piperazine rings is 1. The zero-order valence-electron chi connectivity index (χ0n) is 18.5. The Hall–Kier alpha value is -3.04. The molecule has 0 amide bonds. The highest BCUT2D eigenvalue weighted by Crippen LogP contribution is 2.26. The molecule has 4 rings (SSSR count). The van der Waals surface area contributed by atoms with Gasteiger partial charge >= 0.3 is 0 Å². The van der Waals surface area contributed by atoms with Crippen LogP contribution >= 0.6 is 0 Å². The number of halogens is 2. The van der Waals surface area contributed by atoms with Crippen molar-refractivity contribution in [2.24, 2.45) is 0 Å². The predicted octanol–water partition coefficient (Wildman–Crippen LogP) is 3.49. The van der Waals surface area contributed by atoms with Gasteiger partial charge in [-0.25, -0.2) is 13.5 Å². The lowest BCUT2D eigenvalue weighted by Crippen LogP contribution is -2.56. The number of benzene rings is 2. The van der Waals surface area contributed by atoms with Crippen molar-refractivity contribution in [3.05, 3.63) is 59.9 Å². The van der Waals surface area contributed by atoms with Crippen LogP contribution in [0.2, 0.25) is 0 Å². The van der Waals surface area contributed by atoms with Crippen molar-refractivity contribution in [1.82, 2.24) is 19.7 Å². The summed E-state index contributed by atoms with van der Waals surface area (Å²) in [5, 5.41) is 17.1. The largest absolute Gasteiger partial charge is 0.394 e. The SMILES string of the molecule is Cc1cc(Nc2ncn(-c3cc(F)cc(F)c3)n2)cc(N2CCN(C(C)(C)CO)CC2)c1. The summed E-state index contributed by atoms with van der Waals surface area (Å²) in [6, 6.07) is 9.39. The van der Waals surface area contributed by atoms with Crippen LogP contribution < -0.4 is 10.2 Å². The van der Waals surface area contributed by atoms with Crippen molar-refractivity contribution in [3.63, 3.8) is 0 Å². The van der Waals surface area contributed by atoms with Crippen molar-refractivity contribution in [3.8, 4) is 5.69 Å². The van der Waals surface area contributed by atoms with Crippen molar-refractivity contribution in [2.75, 3.05) is 43.0 Å². The van der Waals surface area contributed by atoms with Crippen LogP contribution in [0.4, 0.5) is 26.1 Å². The molecule has 0 spiro atoms. The van der Waals surface area contributed by atoms with Crippen molar-refractivity contribution in [1.29, 1.82) is 0 Å². The fourth-order valence-corrected chi connectivity index (χ4v) is 3.93. The van der Waals surface area contributed by atoms with Crippen molar-refractivity contribution >= 4 is 17.3 Å². The number of nitrogens with one attached hydrogen (secondary N) is 1. The molecule has 0 aliphatic carbocycles. The third-order valence-electron chi connectivity index (χ3n) is 5.81. The van der Waals surface area contributed by atoms with E-state index in [4.69, 9.17) is 0 Å². The van der Waals surface area contributed by atoms with Crippen LogP contribution in [-0.4, -0.2) is 63.1 Å². The second-order valence-electron chi connectivity index (χ2n) is 8.77. The molecule has 1 aliphatic rings. The summed E-state index contributed by atoms with van der Waals surface area (Å²) in [6.07, 6.45) is 1.41. The van der Waals surface area contributed by atoms with Crippen LogP contribution in [0.3, 0.4) is 0 Å². The number of aromatic nitrogens is 3. The zero-order chi connectivity index (χ0) is 22.9. The van der Waals surface area contributed by atoms with Gasteiger partial charge in [0, 0.05) is 49.2 Å². The van der Waals surface area contributed by atoms with Gasteiger partial charge in [0.1, 0.15) is 18.0 Å². The average molecular weight is 443 g/mol. The molecule has 0 unspecified atom stereocenters. The molecule has 1 aliphatic heterocycles. The van der Waals surface area contributed by atoms with Gasteiger partial charge in [-0.05, 0) is 56.7 Å². The second kappa shape index (κ2) is 8.84. The Morgan fingerprint density at radius 3 is 2.31 bits per heavy atom. The fourth-order valence-electron chi connectivity index (χ4n) is 3.93. The molecule has 9 heteroatoms. The maximum atomic E-state index is 13.5. The first-order valence-corrected chi connectivity index (χ1v) is 10.6. The molecule has 1 fully saturated rings. The van der Waals surface area contributed by atoms with Gasteiger partial charge in [-0.3, -0.25) is 4.90 Å². The standard InChI is InChI=1S/C23H28F2N6O/c1-16-8-19(13-20(9-16)29-4-6-30(7-5-29)23(2,3)14-32)27-22-26-15-31(28-22)21-11-17(24)10-18(25)12-21/h8-13,15,32H,4-7,14H2,1-3H3,(H,27,28). The molecule has 0 saturated carbocycles. The number of rotatable bonds is 6. The van der Waals surface area contributed by atoms with E-state index >= 15 is 0 Å². The van der Waals surface area contributed by atoms with E-state index in [9.17, 15) is 13.9 Å². The van der Waals surface area contributed by atoms with Crippen LogP contribution in [0.1, 0.15) is 19.4 Å². The summed E-state index contributed by atoms with van der Waals surface area (Å²) in [5.41, 5.74) is 3.06. The summed E-state index contributed by atoms with van der Waals surface area (Å²) in [5.74, 6) is -1.01. The number of aliphatic hydroxyl groups is 1. The van der Waals surface area contributed by atoms with Crippen LogP contribution in [0, 0.1) is 18.6 Å². The Labute approximate surface area is 186 Å². The lowest BCUT2D eigenvalue weighted by molar-refractivity contribution is 0.0527. The van der Waals surface area contributed by atoms with E-state index in [0.717, 1.165) is 49.2 Å². The van der Waals surface area contributed by atoms with E-state index in [0.29, 0.717) is 5.95 Å². The molecule has 0 radical (unpaired) electrons. The van der Waals surface area contributed by atoms with E-state index in [1.165, 1.54) is 23.1 Å². The van der Waals surface area contributed by atoms with Gasteiger partial charge in [-0.15, -0.1) is 5.10 Å². The van der Waals surface area contributed by atoms with Crippen molar-refractivity contribution < 1.29 is 13.9 Å². The van der Waals surface area contributed by atoms with Gasteiger partial charge in [-0.2, -0.15) is 4.98 Å². The van der Waals surface area contributed by atoms with Gasteiger partial charge in [0.05, 0.1) is 12.3 Å². The molecule has 7 nitrogen and oxygen atoms in total. The molecule has 2 aromatic carbocycles. The molecule has 1 saturated heterocycles. The van der Waals surface area contributed by atoms with Gasteiger partial charge in [0.25, 0.3) is 0 Å². The smallest absolute Gasteiger partial charge is 0.246 e. The Balaban J connectivity index is 1.48. The van der Waals surface area contributed by atoms with E-state index < -0.39 is 11.6 Å². The third-order valence-corrected chi connectivity index (χ3v) is 5.81. The molecule has 0 atom stereocenters. The van der Waals surface area contributed by atoms with Crippen LogP contribution in [0.15, 0.2) is 42.7 Å². The molecule has 0 bridgehead atoms. The first kappa shape index (κ1) is 22.2. The molecule has 2 N–H and O–H groups in total. The summed E-state index contributed by atoms with van der Waals surface area (Å²) in [7, 11) is 0. The van der Waals surface area contributed by atoms with Gasteiger partial charge in [-0.1, -0.05) is 0 Å². The normalized spacial score (nSPS) is 15.2. The zero-order valence-corrected chi connectivity index (χ0v) is 18.5. The number of nitrogens with zero attached hydrogens (tertiary/aromatic N) is 5. The number of aryl methyl sites for hydroxylation is 1. The topological polar surface area (TPSA) is 69.5 Å². The van der Waals surface area contributed by atoms with Gasteiger partial charge < -0.3 is 15.3 Å². The minimum atomic E-state index is -0.671. The lowest BCUT2D eigenvalue weighted by atomic mass is 10.0. The highest BCUT2D eigenvalue weighted by atomic mass is 19.1. The average Bonchev–Trinajstić information content (AvgIpc) is 3.21. The summed E-state index contributed by atoms with van der Waals surface area (Å²) in [4.78, 5) is 8.85. The summed E-state index contributed by atoms with van der Waals surface area (Å²) in [6.45, 7) is 9.76. The first-order valence-electron chi connectivity index (χ1n) is 10.6. The number of aliphatic hydroxyl groups excluding tert-OH is 1. The number of hydrogen-bond acceptors (Lipinski definition) is 6. The Kier molecular flexibility index (Phi) is 6.12. The van der Waals surface area contributed by atoms with Crippen LogP contribution in [0.5, 0.6) is 0 Å². The van der Waals surface area contributed by atoms with Crippen LogP contribution in [0.25, 0.3) is 5.69 Å². The lowest BCUT2D eigenvalue weighted by Gasteiger charge is -2.44. The van der Waals surface area contributed by atoms with Gasteiger partial charge in [0.2, 0.25) is 5.95 Å². The molecule has 3 aromatic rings. The molecular weight excluding hydrogens is 414 g/mol.